The van der Waals surface area contributed by atoms with Gasteiger partial charge >= 0.3 is 0 Å². The zero-order chi connectivity index (χ0) is 10.4. The fraction of sp³-hybridized carbons (Fsp3) is 0.500. The molecule has 2 bridgehead atoms. The number of nitro groups is 1. The zero-order valence-electron chi connectivity index (χ0n) is 8.48. The fourth-order valence-electron chi connectivity index (χ4n) is 3.16. The lowest BCUT2D eigenvalue weighted by Gasteiger charge is -2.18. The van der Waals surface area contributed by atoms with Gasteiger partial charge < -0.3 is 0 Å². The molecule has 15 heavy (non-hydrogen) atoms. The highest BCUT2D eigenvalue weighted by molar-refractivity contribution is 5.47. The second kappa shape index (κ2) is 3.05. The number of rotatable bonds is 1. The van der Waals surface area contributed by atoms with E-state index >= 15 is 0 Å². The van der Waals surface area contributed by atoms with Crippen molar-refractivity contribution in [3.8, 4) is 0 Å². The van der Waals surface area contributed by atoms with E-state index in [0.29, 0.717) is 11.8 Å². The van der Waals surface area contributed by atoms with Gasteiger partial charge in [-0.3, -0.25) is 10.1 Å². The van der Waals surface area contributed by atoms with Crippen LogP contribution in [-0.2, 0) is 0 Å². The van der Waals surface area contributed by atoms with Gasteiger partial charge in [0.25, 0.3) is 5.69 Å². The first-order chi connectivity index (χ1) is 7.25. The lowest BCUT2D eigenvalue weighted by atomic mass is 9.87. The molecule has 0 heterocycles. The number of nitro benzene ring substituents is 1. The summed E-state index contributed by atoms with van der Waals surface area (Å²) in [5.74, 6) is 1.28. The summed E-state index contributed by atoms with van der Waals surface area (Å²) in [6.07, 6.45) is 4.97. The van der Waals surface area contributed by atoms with Crippen molar-refractivity contribution >= 4 is 5.69 Å². The molecule has 3 heteroatoms. The molecule has 1 aromatic rings. The highest BCUT2D eigenvalue weighted by Crippen LogP contribution is 2.51. The van der Waals surface area contributed by atoms with Crippen molar-refractivity contribution < 1.29 is 4.92 Å². The minimum absolute atomic E-state index is 0.251. The highest BCUT2D eigenvalue weighted by Gasteiger charge is 2.34. The molecule has 3 nitrogen and oxygen atoms in total. The molecule has 78 valence electrons. The van der Waals surface area contributed by atoms with Crippen LogP contribution >= 0.6 is 0 Å². The van der Waals surface area contributed by atoms with E-state index < -0.39 is 0 Å². The Morgan fingerprint density at radius 1 is 1.20 bits per heavy atom. The Morgan fingerprint density at radius 2 is 1.93 bits per heavy atom. The summed E-state index contributed by atoms with van der Waals surface area (Å²) in [6, 6.07) is 5.42. The van der Waals surface area contributed by atoms with Crippen molar-refractivity contribution in [1.82, 2.24) is 0 Å². The van der Waals surface area contributed by atoms with Gasteiger partial charge in [0, 0.05) is 12.1 Å². The summed E-state index contributed by atoms with van der Waals surface area (Å²) in [5.41, 5.74) is 2.89. The van der Waals surface area contributed by atoms with Gasteiger partial charge in [0.15, 0.2) is 0 Å². The maximum atomic E-state index is 10.7. The van der Waals surface area contributed by atoms with E-state index in [1.807, 2.05) is 6.07 Å². The first-order valence-electron chi connectivity index (χ1n) is 5.54. The molecule has 1 saturated carbocycles. The standard InChI is InChI=1S/C12H13NO2/c14-13(15)10-4-5-11-8-2-1-3-9(6-8)12(11)7-10/h4-5,7-9H,1-3,6H2. The lowest BCUT2D eigenvalue weighted by Crippen LogP contribution is -2.01. The molecule has 0 aliphatic heterocycles. The predicted molar refractivity (Wildman–Crippen MR) is 57.0 cm³/mol. The first-order valence-corrected chi connectivity index (χ1v) is 5.54. The van der Waals surface area contributed by atoms with E-state index in [2.05, 4.69) is 0 Å². The third kappa shape index (κ3) is 1.26. The van der Waals surface area contributed by atoms with Crippen molar-refractivity contribution in [1.29, 1.82) is 0 Å². The smallest absolute Gasteiger partial charge is 0.258 e. The van der Waals surface area contributed by atoms with Gasteiger partial charge in [0.2, 0.25) is 0 Å². The number of non-ortho nitro benzene ring substituents is 1. The topological polar surface area (TPSA) is 43.1 Å². The van der Waals surface area contributed by atoms with Crippen LogP contribution in [0.15, 0.2) is 18.2 Å². The molecule has 0 spiro atoms. The van der Waals surface area contributed by atoms with E-state index in [-0.39, 0.29) is 10.6 Å². The molecule has 0 radical (unpaired) electrons. The van der Waals surface area contributed by atoms with Gasteiger partial charge in [-0.25, -0.2) is 0 Å². The molecule has 1 fully saturated rings. The molecular formula is C12H13NO2. The Balaban J connectivity index is 2.10. The summed E-state index contributed by atoms with van der Waals surface area (Å²) in [7, 11) is 0. The normalized spacial score (nSPS) is 27.5. The summed E-state index contributed by atoms with van der Waals surface area (Å²) >= 11 is 0. The van der Waals surface area contributed by atoms with Crippen LogP contribution in [0.2, 0.25) is 0 Å². The summed E-state index contributed by atoms with van der Waals surface area (Å²) in [5, 5.41) is 10.7. The molecule has 2 aliphatic carbocycles. The second-order valence-corrected chi connectivity index (χ2v) is 4.63. The minimum Gasteiger partial charge on any atom is -0.258 e. The Labute approximate surface area is 88.3 Å². The molecule has 1 aromatic carbocycles. The minimum atomic E-state index is -0.289. The molecular weight excluding hydrogens is 190 g/mol. The average molecular weight is 203 g/mol. The average Bonchev–Trinajstić information content (AvgIpc) is 2.51. The van der Waals surface area contributed by atoms with E-state index in [1.54, 1.807) is 12.1 Å². The highest BCUT2D eigenvalue weighted by atomic mass is 16.6. The third-order valence-electron chi connectivity index (χ3n) is 3.84. The molecule has 0 aromatic heterocycles. The number of fused-ring (bicyclic) bond motifs is 5. The predicted octanol–water partition coefficient (Wildman–Crippen LogP) is 3.35. The van der Waals surface area contributed by atoms with Gasteiger partial charge in [0.05, 0.1) is 4.92 Å². The van der Waals surface area contributed by atoms with E-state index in [1.165, 1.54) is 36.8 Å². The summed E-state index contributed by atoms with van der Waals surface area (Å²) in [4.78, 5) is 10.4. The number of nitrogens with zero attached hydrogens (tertiary/aromatic N) is 1. The van der Waals surface area contributed by atoms with Crippen LogP contribution in [-0.4, -0.2) is 4.92 Å². The summed E-state index contributed by atoms with van der Waals surface area (Å²) < 4.78 is 0. The van der Waals surface area contributed by atoms with Crippen LogP contribution in [0.4, 0.5) is 5.69 Å². The van der Waals surface area contributed by atoms with Crippen molar-refractivity contribution in [3.05, 3.63) is 39.4 Å². The van der Waals surface area contributed by atoms with E-state index in [4.69, 9.17) is 0 Å². The Bertz CT molecular complexity index is 428. The third-order valence-corrected chi connectivity index (χ3v) is 3.84. The maximum Gasteiger partial charge on any atom is 0.269 e. The van der Waals surface area contributed by atoms with Crippen molar-refractivity contribution in [2.45, 2.75) is 37.5 Å². The van der Waals surface area contributed by atoms with Gasteiger partial charge in [-0.05, 0) is 42.2 Å². The van der Waals surface area contributed by atoms with Crippen molar-refractivity contribution in [2.24, 2.45) is 0 Å². The van der Waals surface area contributed by atoms with E-state index in [0.717, 1.165) is 0 Å². The number of benzene rings is 1. The largest absolute Gasteiger partial charge is 0.269 e. The molecule has 2 aliphatic rings. The molecule has 2 unspecified atom stereocenters. The molecule has 3 rings (SSSR count). The van der Waals surface area contributed by atoms with Gasteiger partial charge in [-0.1, -0.05) is 12.5 Å². The van der Waals surface area contributed by atoms with Gasteiger partial charge in [-0.2, -0.15) is 0 Å². The molecule has 0 N–H and O–H groups in total. The quantitative estimate of drug-likeness (QED) is 0.519. The fourth-order valence-corrected chi connectivity index (χ4v) is 3.16. The maximum absolute atomic E-state index is 10.7. The zero-order valence-corrected chi connectivity index (χ0v) is 8.48. The Hall–Kier alpha value is -1.38. The van der Waals surface area contributed by atoms with Crippen molar-refractivity contribution in [3.63, 3.8) is 0 Å². The van der Waals surface area contributed by atoms with E-state index in [9.17, 15) is 10.1 Å². The molecule has 0 amide bonds. The SMILES string of the molecule is O=[N+]([O-])c1ccc2c(c1)C1CCCC2C1. The van der Waals surface area contributed by atoms with Crippen LogP contribution in [0, 0.1) is 10.1 Å². The van der Waals surface area contributed by atoms with Gasteiger partial charge in [-0.15, -0.1) is 0 Å². The first kappa shape index (κ1) is 8.89. The number of hydrogen-bond donors (Lipinski definition) is 0. The van der Waals surface area contributed by atoms with Crippen LogP contribution in [0.1, 0.15) is 48.6 Å². The van der Waals surface area contributed by atoms with Gasteiger partial charge in [0.1, 0.15) is 0 Å². The summed E-state index contributed by atoms with van der Waals surface area (Å²) in [6.45, 7) is 0. The number of hydrogen-bond acceptors (Lipinski definition) is 2. The van der Waals surface area contributed by atoms with Crippen LogP contribution in [0.5, 0.6) is 0 Å². The molecule has 2 atom stereocenters. The lowest BCUT2D eigenvalue weighted by molar-refractivity contribution is -0.384. The van der Waals surface area contributed by atoms with Crippen LogP contribution in [0.3, 0.4) is 0 Å². The second-order valence-electron chi connectivity index (χ2n) is 4.63. The van der Waals surface area contributed by atoms with Crippen molar-refractivity contribution in [2.75, 3.05) is 0 Å². The Morgan fingerprint density at radius 3 is 2.67 bits per heavy atom. The molecule has 0 saturated heterocycles. The van der Waals surface area contributed by atoms with Crippen LogP contribution < -0.4 is 0 Å². The Kier molecular flexibility index (Phi) is 1.81. The monoisotopic (exact) mass is 203 g/mol. The van der Waals surface area contributed by atoms with Crippen LogP contribution in [0.25, 0.3) is 0 Å².